The lowest BCUT2D eigenvalue weighted by Crippen LogP contribution is -2.17. The summed E-state index contributed by atoms with van der Waals surface area (Å²) < 4.78 is 4.67. The number of hydrogen-bond acceptors (Lipinski definition) is 3. The summed E-state index contributed by atoms with van der Waals surface area (Å²) in [5, 5.41) is 1.13. The molecule has 0 aliphatic carbocycles. The van der Waals surface area contributed by atoms with Gasteiger partial charge in [0.2, 0.25) is 0 Å². The number of nitrogens with two attached hydrogens (primary N) is 1. The molecule has 90 valence electrons. The Morgan fingerprint density at radius 2 is 2.24 bits per heavy atom. The highest BCUT2D eigenvalue weighted by molar-refractivity contribution is 5.80. The summed E-state index contributed by atoms with van der Waals surface area (Å²) in [6.45, 7) is 0.419. The van der Waals surface area contributed by atoms with Gasteiger partial charge in [-0.2, -0.15) is 0 Å². The van der Waals surface area contributed by atoms with Crippen LogP contribution in [-0.2, 0) is 9.53 Å². The van der Waals surface area contributed by atoms with Gasteiger partial charge in [-0.15, -0.1) is 0 Å². The minimum Gasteiger partial charge on any atom is -0.469 e. The maximum Gasteiger partial charge on any atom is 0.306 e. The molecule has 17 heavy (non-hydrogen) atoms. The van der Waals surface area contributed by atoms with Gasteiger partial charge >= 0.3 is 5.97 Å². The molecule has 0 spiro atoms. The number of benzene rings is 1. The van der Waals surface area contributed by atoms with Gasteiger partial charge in [0.05, 0.1) is 13.5 Å². The summed E-state index contributed by atoms with van der Waals surface area (Å²) in [5.74, 6) is -0.256. The highest BCUT2D eigenvalue weighted by atomic mass is 16.5. The minimum absolute atomic E-state index is 0.0187. The maximum absolute atomic E-state index is 11.3. The molecule has 0 aliphatic rings. The molecule has 2 aromatic rings. The van der Waals surface area contributed by atoms with Crippen molar-refractivity contribution in [3.05, 3.63) is 36.0 Å². The van der Waals surface area contributed by atoms with Crippen molar-refractivity contribution in [2.75, 3.05) is 13.7 Å². The number of carbonyl (C=O) groups is 1. The third-order valence-corrected chi connectivity index (χ3v) is 2.92. The zero-order chi connectivity index (χ0) is 12.3. The van der Waals surface area contributed by atoms with Crippen LogP contribution in [0, 0.1) is 0 Å². The third-order valence-electron chi connectivity index (χ3n) is 2.92. The number of aromatic nitrogens is 1. The van der Waals surface area contributed by atoms with Crippen molar-refractivity contribution in [3.8, 4) is 0 Å². The molecule has 4 nitrogen and oxygen atoms in total. The molecule has 4 heteroatoms. The second-order valence-electron chi connectivity index (χ2n) is 4.02. The third kappa shape index (κ3) is 2.47. The Balaban J connectivity index is 2.27. The molecule has 0 bridgehead atoms. The number of H-pyrrole nitrogens is 1. The highest BCUT2D eigenvalue weighted by Gasteiger charge is 2.16. The van der Waals surface area contributed by atoms with Gasteiger partial charge in [-0.05, 0) is 17.5 Å². The Labute approximate surface area is 99.8 Å². The SMILES string of the molecule is COC(=O)CC(CN)c1cc2ccccc2[nH]1. The van der Waals surface area contributed by atoms with Crippen molar-refractivity contribution in [1.29, 1.82) is 0 Å². The van der Waals surface area contributed by atoms with Crippen LogP contribution in [0.15, 0.2) is 30.3 Å². The van der Waals surface area contributed by atoms with Gasteiger partial charge in [-0.3, -0.25) is 4.79 Å². The zero-order valence-electron chi connectivity index (χ0n) is 9.77. The number of hydrogen-bond donors (Lipinski definition) is 2. The number of nitrogens with one attached hydrogen (secondary N) is 1. The van der Waals surface area contributed by atoms with Crippen molar-refractivity contribution in [2.24, 2.45) is 5.73 Å². The van der Waals surface area contributed by atoms with E-state index >= 15 is 0 Å². The van der Waals surface area contributed by atoms with Crippen LogP contribution in [0.4, 0.5) is 0 Å². The van der Waals surface area contributed by atoms with Crippen LogP contribution in [0.25, 0.3) is 10.9 Å². The molecule has 0 saturated carbocycles. The van der Waals surface area contributed by atoms with Gasteiger partial charge in [0.1, 0.15) is 0 Å². The standard InChI is InChI=1S/C13H16N2O2/c1-17-13(16)7-10(8-14)12-6-9-4-2-3-5-11(9)15-12/h2-6,10,15H,7-8,14H2,1H3. The summed E-state index contributed by atoms with van der Waals surface area (Å²) in [4.78, 5) is 14.6. The van der Waals surface area contributed by atoms with E-state index in [0.717, 1.165) is 16.6 Å². The molecule has 0 amide bonds. The molecule has 1 aromatic carbocycles. The molecule has 0 fully saturated rings. The lowest BCUT2D eigenvalue weighted by atomic mass is 10.0. The van der Waals surface area contributed by atoms with Crippen molar-refractivity contribution >= 4 is 16.9 Å². The van der Waals surface area contributed by atoms with E-state index in [4.69, 9.17) is 5.73 Å². The average molecular weight is 232 g/mol. The van der Waals surface area contributed by atoms with Crippen LogP contribution in [0.3, 0.4) is 0 Å². The summed E-state index contributed by atoms with van der Waals surface area (Å²) in [7, 11) is 1.39. The van der Waals surface area contributed by atoms with Gasteiger partial charge < -0.3 is 15.5 Å². The first-order valence-electron chi connectivity index (χ1n) is 5.59. The normalized spacial score (nSPS) is 12.6. The maximum atomic E-state index is 11.3. The lowest BCUT2D eigenvalue weighted by Gasteiger charge is -2.11. The summed E-state index contributed by atoms with van der Waals surface area (Å²) >= 11 is 0. The Morgan fingerprint density at radius 3 is 2.88 bits per heavy atom. The molecule has 1 aromatic heterocycles. The van der Waals surface area contributed by atoms with Crippen LogP contribution in [0.2, 0.25) is 0 Å². The number of para-hydroxylation sites is 1. The molecule has 0 radical (unpaired) electrons. The number of esters is 1. The van der Waals surface area contributed by atoms with E-state index in [1.807, 2.05) is 30.3 Å². The Bertz CT molecular complexity index is 486. The predicted molar refractivity (Wildman–Crippen MR) is 66.7 cm³/mol. The van der Waals surface area contributed by atoms with Crippen molar-refractivity contribution in [1.82, 2.24) is 4.98 Å². The van der Waals surface area contributed by atoms with Gasteiger partial charge in [-0.1, -0.05) is 18.2 Å². The lowest BCUT2D eigenvalue weighted by molar-refractivity contribution is -0.141. The minimum atomic E-state index is -0.237. The first-order chi connectivity index (χ1) is 8.24. The number of carbonyl (C=O) groups excluding carboxylic acids is 1. The van der Waals surface area contributed by atoms with E-state index in [0.29, 0.717) is 13.0 Å². The first-order valence-corrected chi connectivity index (χ1v) is 5.59. The molecule has 0 aliphatic heterocycles. The second-order valence-corrected chi connectivity index (χ2v) is 4.02. The van der Waals surface area contributed by atoms with E-state index in [2.05, 4.69) is 9.72 Å². The van der Waals surface area contributed by atoms with E-state index in [1.165, 1.54) is 7.11 Å². The molecule has 1 unspecified atom stereocenters. The average Bonchev–Trinajstić information content (AvgIpc) is 2.78. The van der Waals surface area contributed by atoms with Crippen molar-refractivity contribution < 1.29 is 9.53 Å². The quantitative estimate of drug-likeness (QED) is 0.789. The number of methoxy groups -OCH3 is 1. The smallest absolute Gasteiger partial charge is 0.306 e. The zero-order valence-corrected chi connectivity index (χ0v) is 9.77. The summed E-state index contributed by atoms with van der Waals surface area (Å²) in [6.07, 6.45) is 0.305. The van der Waals surface area contributed by atoms with E-state index in [1.54, 1.807) is 0 Å². The molecule has 3 N–H and O–H groups in total. The summed E-state index contributed by atoms with van der Waals surface area (Å²) in [6, 6.07) is 10.0. The molecule has 2 rings (SSSR count). The van der Waals surface area contributed by atoms with E-state index in [9.17, 15) is 4.79 Å². The molecule has 1 atom stereocenters. The van der Waals surface area contributed by atoms with Crippen LogP contribution in [0.1, 0.15) is 18.0 Å². The van der Waals surface area contributed by atoms with Crippen LogP contribution >= 0.6 is 0 Å². The van der Waals surface area contributed by atoms with Crippen LogP contribution < -0.4 is 5.73 Å². The molecule has 0 saturated heterocycles. The fourth-order valence-corrected chi connectivity index (χ4v) is 1.92. The van der Waals surface area contributed by atoms with Gasteiger partial charge in [0.25, 0.3) is 0 Å². The molecule has 1 heterocycles. The van der Waals surface area contributed by atoms with Crippen LogP contribution in [0.5, 0.6) is 0 Å². The molecular formula is C13H16N2O2. The number of fused-ring (bicyclic) bond motifs is 1. The van der Waals surface area contributed by atoms with Gasteiger partial charge in [0, 0.05) is 23.7 Å². The second kappa shape index (κ2) is 5.01. The number of aromatic amines is 1. The summed E-state index contributed by atoms with van der Waals surface area (Å²) in [5.41, 5.74) is 7.75. The van der Waals surface area contributed by atoms with E-state index < -0.39 is 0 Å². The van der Waals surface area contributed by atoms with Crippen molar-refractivity contribution in [3.63, 3.8) is 0 Å². The van der Waals surface area contributed by atoms with Crippen LogP contribution in [-0.4, -0.2) is 24.6 Å². The Morgan fingerprint density at radius 1 is 1.47 bits per heavy atom. The fraction of sp³-hybridized carbons (Fsp3) is 0.308. The number of rotatable bonds is 4. The fourth-order valence-electron chi connectivity index (χ4n) is 1.92. The van der Waals surface area contributed by atoms with Gasteiger partial charge in [0.15, 0.2) is 0 Å². The number of ether oxygens (including phenoxy) is 1. The topological polar surface area (TPSA) is 68.1 Å². The van der Waals surface area contributed by atoms with Crippen molar-refractivity contribution in [2.45, 2.75) is 12.3 Å². The monoisotopic (exact) mass is 232 g/mol. The predicted octanol–water partition coefficient (Wildman–Crippen LogP) is 1.77. The van der Waals surface area contributed by atoms with Gasteiger partial charge in [-0.25, -0.2) is 0 Å². The Kier molecular flexibility index (Phi) is 3.44. The first kappa shape index (κ1) is 11.7. The van der Waals surface area contributed by atoms with E-state index in [-0.39, 0.29) is 11.9 Å². The highest BCUT2D eigenvalue weighted by Crippen LogP contribution is 2.23. The largest absolute Gasteiger partial charge is 0.469 e. The Hall–Kier alpha value is -1.81. The molecular weight excluding hydrogens is 216 g/mol.